The number of carbonyl (C=O) groups is 3. The molecule has 1 aromatic carbocycles. The Kier molecular flexibility index (Phi) is 6.91. The largest absolute Gasteiger partial charge is 0.507 e. The zero-order valence-electron chi connectivity index (χ0n) is 24.4. The lowest BCUT2D eigenvalue weighted by Gasteiger charge is -2.61. The molecule has 4 heteroatoms. The first kappa shape index (κ1) is 27.8. The second-order valence-electron chi connectivity index (χ2n) is 13.6. The minimum atomic E-state index is -0.879. The number of fused-ring (bicyclic) bond motifs is 3. The second-order valence-corrected chi connectivity index (χ2v) is 13.6. The molecule has 0 heterocycles. The normalized spacial score (nSPS) is 33.4. The number of phenols is 1. The van der Waals surface area contributed by atoms with E-state index in [0.717, 1.165) is 60.8 Å². The highest BCUT2D eigenvalue weighted by atomic mass is 16.3. The topological polar surface area (TPSA) is 71.4 Å². The molecule has 0 spiro atoms. The number of phenolic OH excluding ortho intramolecular Hbond substituents is 1. The van der Waals surface area contributed by atoms with Crippen molar-refractivity contribution in [1.29, 1.82) is 0 Å². The molecule has 0 aromatic heterocycles. The molecule has 0 saturated heterocycles. The molecule has 3 aliphatic rings. The summed E-state index contributed by atoms with van der Waals surface area (Å²) in [5, 5.41) is 11.4. The minimum Gasteiger partial charge on any atom is -0.507 e. The highest BCUT2D eigenvalue weighted by Gasteiger charge is 2.65. The van der Waals surface area contributed by atoms with E-state index in [1.165, 1.54) is 6.92 Å². The summed E-state index contributed by atoms with van der Waals surface area (Å²) >= 11 is 0. The first-order chi connectivity index (χ1) is 17.1. The highest BCUT2D eigenvalue weighted by Crippen LogP contribution is 2.67. The average Bonchev–Trinajstić information content (AvgIpc) is 2.77. The first-order valence-corrected chi connectivity index (χ1v) is 14.3. The summed E-state index contributed by atoms with van der Waals surface area (Å²) in [6.45, 7) is 18.4. The fourth-order valence-corrected chi connectivity index (χ4v) is 8.62. The van der Waals surface area contributed by atoms with Gasteiger partial charge in [-0.2, -0.15) is 0 Å². The van der Waals surface area contributed by atoms with Crippen LogP contribution in [0.4, 0.5) is 0 Å². The Morgan fingerprint density at radius 3 is 2.38 bits per heavy atom. The lowest BCUT2D eigenvalue weighted by molar-refractivity contribution is -0.154. The fourth-order valence-electron chi connectivity index (χ4n) is 8.62. The first-order valence-electron chi connectivity index (χ1n) is 14.3. The van der Waals surface area contributed by atoms with Crippen molar-refractivity contribution in [3.05, 3.63) is 39.5 Å². The summed E-state index contributed by atoms with van der Waals surface area (Å²) in [6.07, 6.45) is 5.79. The maximum atomic E-state index is 14.4. The summed E-state index contributed by atoms with van der Waals surface area (Å²) in [6, 6.07) is 2.13. The molecular weight excluding hydrogens is 460 g/mol. The van der Waals surface area contributed by atoms with Crippen LogP contribution in [0.25, 0.3) is 0 Å². The van der Waals surface area contributed by atoms with E-state index in [-0.39, 0.29) is 34.4 Å². The maximum absolute atomic E-state index is 14.4. The van der Waals surface area contributed by atoms with Crippen molar-refractivity contribution in [2.75, 3.05) is 0 Å². The molecule has 4 rings (SSSR count). The van der Waals surface area contributed by atoms with Gasteiger partial charge in [-0.05, 0) is 93.2 Å². The molecule has 37 heavy (non-hydrogen) atoms. The van der Waals surface area contributed by atoms with E-state index in [1.807, 2.05) is 20.8 Å². The number of aryl methyl sites for hydroxylation is 2. The number of carbonyl (C=O) groups excluding carboxylic acids is 3. The Bertz CT molecular complexity index is 1200. The molecule has 0 radical (unpaired) electrons. The smallest absolute Gasteiger partial charge is 0.193 e. The number of ketones is 3. The predicted octanol–water partition coefficient (Wildman–Crippen LogP) is 7.23. The number of allylic oxidation sites excluding steroid dienone is 2. The maximum Gasteiger partial charge on any atom is 0.193 e. The standard InChI is InChI=1S/C33H46O4/c1-10-22-14-23(13-11-12-18(2)3)28(35)26-24(22)16-31(7)17-32(8)15-19(4)25(21(6)34)30(37)33(32,9)20(5)27(31)29(26)36/h14,18-19,25,35H,10-13,15-17H2,1-9H3. The number of hydrogen-bond donors (Lipinski definition) is 1. The molecule has 0 bridgehead atoms. The SMILES string of the molecule is CCc1cc(CCCC(C)C)c(O)c2c1CC1(C)CC3(C)CC(C)C(C(C)=O)C(=O)C3(C)C(C)=C1C2=O. The van der Waals surface area contributed by atoms with Crippen LogP contribution < -0.4 is 0 Å². The van der Waals surface area contributed by atoms with E-state index < -0.39 is 16.7 Å². The summed E-state index contributed by atoms with van der Waals surface area (Å²) in [5.74, 6) is -0.156. The molecular formula is C33H46O4. The summed E-state index contributed by atoms with van der Waals surface area (Å²) in [5.41, 5.74) is 3.32. The highest BCUT2D eigenvalue weighted by molar-refractivity contribution is 6.16. The number of aromatic hydroxyl groups is 1. The van der Waals surface area contributed by atoms with Gasteiger partial charge in [0.05, 0.1) is 16.9 Å². The molecule has 1 N–H and O–H groups in total. The third-order valence-corrected chi connectivity index (χ3v) is 10.5. The number of Topliss-reactive ketones (excluding diaryl/α,β-unsaturated/α-hetero) is 3. The van der Waals surface area contributed by atoms with Crippen LogP contribution in [0.2, 0.25) is 0 Å². The predicted molar refractivity (Wildman–Crippen MR) is 148 cm³/mol. The Labute approximate surface area is 223 Å². The summed E-state index contributed by atoms with van der Waals surface area (Å²) < 4.78 is 0. The number of hydrogen-bond acceptors (Lipinski definition) is 4. The van der Waals surface area contributed by atoms with Crippen LogP contribution in [0.1, 0.15) is 115 Å². The molecule has 1 aromatic rings. The van der Waals surface area contributed by atoms with Crippen molar-refractivity contribution in [1.82, 2.24) is 0 Å². The minimum absolute atomic E-state index is 0.0174. The van der Waals surface area contributed by atoms with Crippen LogP contribution in [0.5, 0.6) is 5.75 Å². The lowest BCUT2D eigenvalue weighted by atomic mass is 9.40. The molecule has 0 aliphatic heterocycles. The van der Waals surface area contributed by atoms with Crippen LogP contribution in [0.3, 0.4) is 0 Å². The van der Waals surface area contributed by atoms with Gasteiger partial charge in [0, 0.05) is 11.0 Å². The third-order valence-electron chi connectivity index (χ3n) is 10.5. The van der Waals surface area contributed by atoms with Gasteiger partial charge in [0.15, 0.2) is 11.6 Å². The van der Waals surface area contributed by atoms with Gasteiger partial charge in [0.2, 0.25) is 0 Å². The van der Waals surface area contributed by atoms with Gasteiger partial charge in [0.25, 0.3) is 0 Å². The Morgan fingerprint density at radius 2 is 1.81 bits per heavy atom. The van der Waals surface area contributed by atoms with Crippen LogP contribution in [0.15, 0.2) is 17.2 Å². The summed E-state index contributed by atoms with van der Waals surface area (Å²) in [4.78, 5) is 41.0. The van der Waals surface area contributed by atoms with Crippen molar-refractivity contribution in [2.24, 2.45) is 34.0 Å². The average molecular weight is 507 g/mol. The van der Waals surface area contributed by atoms with Crippen LogP contribution in [0, 0.1) is 34.0 Å². The van der Waals surface area contributed by atoms with E-state index in [2.05, 4.69) is 40.7 Å². The Balaban J connectivity index is 1.91. The number of rotatable bonds is 6. The molecule has 4 nitrogen and oxygen atoms in total. The lowest BCUT2D eigenvalue weighted by Crippen LogP contribution is -2.60. The van der Waals surface area contributed by atoms with Crippen LogP contribution >= 0.6 is 0 Å². The van der Waals surface area contributed by atoms with Gasteiger partial charge in [-0.25, -0.2) is 0 Å². The molecule has 5 atom stereocenters. The van der Waals surface area contributed by atoms with E-state index in [9.17, 15) is 19.5 Å². The van der Waals surface area contributed by atoms with Crippen molar-refractivity contribution in [3.63, 3.8) is 0 Å². The van der Waals surface area contributed by atoms with E-state index in [4.69, 9.17) is 0 Å². The Morgan fingerprint density at radius 1 is 1.16 bits per heavy atom. The van der Waals surface area contributed by atoms with E-state index >= 15 is 0 Å². The van der Waals surface area contributed by atoms with Crippen molar-refractivity contribution >= 4 is 17.3 Å². The quantitative estimate of drug-likeness (QED) is 0.413. The van der Waals surface area contributed by atoms with Gasteiger partial charge < -0.3 is 5.11 Å². The number of benzene rings is 1. The molecule has 1 fully saturated rings. The molecule has 3 aliphatic carbocycles. The zero-order chi connectivity index (χ0) is 27.7. The van der Waals surface area contributed by atoms with Crippen molar-refractivity contribution < 1.29 is 19.5 Å². The van der Waals surface area contributed by atoms with Gasteiger partial charge >= 0.3 is 0 Å². The molecule has 1 saturated carbocycles. The second kappa shape index (κ2) is 9.20. The molecule has 202 valence electrons. The van der Waals surface area contributed by atoms with Crippen molar-refractivity contribution in [2.45, 2.75) is 107 Å². The summed E-state index contributed by atoms with van der Waals surface area (Å²) in [7, 11) is 0. The van der Waals surface area contributed by atoms with Gasteiger partial charge in [-0.1, -0.05) is 59.6 Å². The monoisotopic (exact) mass is 506 g/mol. The van der Waals surface area contributed by atoms with Gasteiger partial charge in [0.1, 0.15) is 11.5 Å². The molecule has 5 unspecified atom stereocenters. The zero-order valence-corrected chi connectivity index (χ0v) is 24.4. The third kappa shape index (κ3) is 3.96. The van der Waals surface area contributed by atoms with Crippen LogP contribution in [-0.4, -0.2) is 22.5 Å². The molecule has 0 amide bonds. The van der Waals surface area contributed by atoms with Gasteiger partial charge in [-0.15, -0.1) is 0 Å². The Hall–Kier alpha value is -2.23. The van der Waals surface area contributed by atoms with Crippen molar-refractivity contribution in [3.8, 4) is 5.75 Å². The fraction of sp³-hybridized carbons (Fsp3) is 0.667. The van der Waals surface area contributed by atoms with Gasteiger partial charge in [-0.3, -0.25) is 14.4 Å². The van der Waals surface area contributed by atoms with E-state index in [0.29, 0.717) is 23.5 Å². The van der Waals surface area contributed by atoms with Crippen LogP contribution in [-0.2, 0) is 28.9 Å². The van der Waals surface area contributed by atoms with E-state index in [1.54, 1.807) is 0 Å².